The molecule has 2 heterocycles. The zero-order chi connectivity index (χ0) is 23.8. The Morgan fingerprint density at radius 2 is 1.79 bits per heavy atom. The molecule has 0 fully saturated rings. The largest absolute Gasteiger partial charge is 0.325 e. The summed E-state index contributed by atoms with van der Waals surface area (Å²) in [5, 5.41) is 4.40. The number of amides is 1. The first kappa shape index (κ1) is 21.9. The third-order valence-electron chi connectivity index (χ3n) is 5.99. The summed E-state index contributed by atoms with van der Waals surface area (Å²) in [5.41, 5.74) is 5.23. The van der Waals surface area contributed by atoms with Crippen molar-refractivity contribution >= 4 is 45.1 Å². The highest BCUT2D eigenvalue weighted by Crippen LogP contribution is 2.26. The molecule has 0 atom stereocenters. The molecule has 7 heteroatoms. The van der Waals surface area contributed by atoms with E-state index in [0.29, 0.717) is 16.1 Å². The number of nitrogens with one attached hydrogen (secondary N) is 1. The van der Waals surface area contributed by atoms with Crippen molar-refractivity contribution in [1.82, 2.24) is 14.1 Å². The summed E-state index contributed by atoms with van der Waals surface area (Å²) < 4.78 is 3.28. The van der Waals surface area contributed by atoms with Gasteiger partial charge in [0.1, 0.15) is 17.6 Å². The van der Waals surface area contributed by atoms with Crippen LogP contribution in [0.1, 0.15) is 16.7 Å². The molecule has 0 unspecified atom stereocenters. The van der Waals surface area contributed by atoms with Crippen LogP contribution in [0.5, 0.6) is 0 Å². The normalized spacial score (nSPS) is 11.3. The number of carbonyl (C=O) groups excluding carboxylic acids is 1. The van der Waals surface area contributed by atoms with Gasteiger partial charge in [-0.3, -0.25) is 14.2 Å². The van der Waals surface area contributed by atoms with E-state index in [-0.39, 0.29) is 24.6 Å². The molecule has 1 amide bonds. The van der Waals surface area contributed by atoms with Crippen molar-refractivity contribution in [3.8, 4) is 0 Å². The number of aryl methyl sites for hydroxylation is 2. The molecule has 170 valence electrons. The van der Waals surface area contributed by atoms with Crippen molar-refractivity contribution in [2.45, 2.75) is 26.9 Å². The Balaban J connectivity index is 1.58. The summed E-state index contributed by atoms with van der Waals surface area (Å²) in [6.45, 7) is 4.25. The minimum absolute atomic E-state index is 0.00957. The van der Waals surface area contributed by atoms with Crippen molar-refractivity contribution in [1.29, 1.82) is 0 Å². The van der Waals surface area contributed by atoms with E-state index >= 15 is 0 Å². The molecule has 0 bridgehead atoms. The minimum Gasteiger partial charge on any atom is -0.325 e. The Kier molecular flexibility index (Phi) is 5.67. The number of hydrogen-bond acceptors (Lipinski definition) is 3. The average molecular weight is 471 g/mol. The third-order valence-corrected chi connectivity index (χ3v) is 6.36. The van der Waals surface area contributed by atoms with E-state index in [1.807, 2.05) is 74.5 Å². The summed E-state index contributed by atoms with van der Waals surface area (Å²) >= 11 is 6.31. The number of anilines is 1. The molecule has 6 nitrogen and oxygen atoms in total. The van der Waals surface area contributed by atoms with E-state index in [1.54, 1.807) is 17.0 Å². The molecule has 0 aliphatic heterocycles. The number of benzene rings is 3. The van der Waals surface area contributed by atoms with Crippen molar-refractivity contribution < 1.29 is 4.79 Å². The van der Waals surface area contributed by atoms with Gasteiger partial charge in [-0.25, -0.2) is 4.98 Å². The molecular formula is C27H23ClN4O2. The lowest BCUT2D eigenvalue weighted by atomic mass is 10.1. The molecule has 2 aromatic heterocycles. The number of rotatable bonds is 5. The number of hydrogen-bond donors (Lipinski definition) is 1. The summed E-state index contributed by atoms with van der Waals surface area (Å²) in [7, 11) is 0. The quantitative estimate of drug-likeness (QED) is 0.378. The van der Waals surface area contributed by atoms with Gasteiger partial charge < -0.3 is 9.88 Å². The zero-order valence-corrected chi connectivity index (χ0v) is 19.6. The maximum absolute atomic E-state index is 13.6. The van der Waals surface area contributed by atoms with Gasteiger partial charge >= 0.3 is 0 Å². The summed E-state index contributed by atoms with van der Waals surface area (Å²) in [6, 6.07) is 20.9. The van der Waals surface area contributed by atoms with E-state index in [9.17, 15) is 9.59 Å². The van der Waals surface area contributed by atoms with Crippen LogP contribution in [-0.4, -0.2) is 20.0 Å². The van der Waals surface area contributed by atoms with Crippen LogP contribution in [0.4, 0.5) is 5.69 Å². The van der Waals surface area contributed by atoms with Crippen molar-refractivity contribution in [2.75, 3.05) is 5.32 Å². The Hall–Kier alpha value is -3.90. The standard InChI is InChI=1S/C27H23ClN4O2/c1-17-11-12-22(18(2)13-17)30-24(33)15-32-23-10-6-4-8-20(23)25-26(32)27(34)31(16-29-25)14-19-7-3-5-9-21(19)28/h3-13,16H,14-15H2,1-2H3,(H,30,33). The van der Waals surface area contributed by atoms with Gasteiger partial charge in [-0.05, 0) is 43.2 Å². The van der Waals surface area contributed by atoms with Crippen LogP contribution in [0.25, 0.3) is 21.9 Å². The molecular weight excluding hydrogens is 448 g/mol. The first-order valence-electron chi connectivity index (χ1n) is 11.0. The van der Waals surface area contributed by atoms with Crippen molar-refractivity contribution in [2.24, 2.45) is 0 Å². The lowest BCUT2D eigenvalue weighted by Crippen LogP contribution is -2.25. The monoisotopic (exact) mass is 470 g/mol. The van der Waals surface area contributed by atoms with E-state index in [1.165, 1.54) is 4.57 Å². The molecule has 0 aliphatic carbocycles. The fraction of sp³-hybridized carbons (Fsp3) is 0.148. The van der Waals surface area contributed by atoms with Crippen molar-refractivity contribution in [3.05, 3.63) is 105 Å². The third kappa shape index (κ3) is 3.97. The molecule has 5 rings (SSSR count). The second kappa shape index (κ2) is 8.80. The summed E-state index contributed by atoms with van der Waals surface area (Å²) in [6.07, 6.45) is 1.54. The summed E-state index contributed by atoms with van der Waals surface area (Å²) in [5.74, 6) is -0.212. The Bertz CT molecular complexity index is 1620. The van der Waals surface area contributed by atoms with Gasteiger partial charge in [-0.15, -0.1) is 0 Å². The van der Waals surface area contributed by atoms with E-state index < -0.39 is 0 Å². The average Bonchev–Trinajstić information content (AvgIpc) is 3.13. The molecule has 0 saturated carbocycles. The van der Waals surface area contributed by atoms with Crippen molar-refractivity contribution in [3.63, 3.8) is 0 Å². The number of carbonyl (C=O) groups is 1. The topological polar surface area (TPSA) is 68.9 Å². The van der Waals surface area contributed by atoms with Gasteiger partial charge in [-0.1, -0.05) is 65.7 Å². The second-order valence-corrected chi connectivity index (χ2v) is 8.84. The first-order chi connectivity index (χ1) is 16.4. The van der Waals surface area contributed by atoms with Crippen LogP contribution in [0, 0.1) is 13.8 Å². The van der Waals surface area contributed by atoms with Gasteiger partial charge in [0.2, 0.25) is 5.91 Å². The van der Waals surface area contributed by atoms with Gasteiger partial charge in [0.05, 0.1) is 18.4 Å². The number of para-hydroxylation sites is 1. The van der Waals surface area contributed by atoms with Crippen LogP contribution >= 0.6 is 11.6 Å². The van der Waals surface area contributed by atoms with Gasteiger partial charge in [0, 0.05) is 16.1 Å². The fourth-order valence-electron chi connectivity index (χ4n) is 4.32. The van der Waals surface area contributed by atoms with Gasteiger partial charge in [-0.2, -0.15) is 0 Å². The van der Waals surface area contributed by atoms with Crippen LogP contribution < -0.4 is 10.9 Å². The van der Waals surface area contributed by atoms with Gasteiger partial charge in [0.15, 0.2) is 0 Å². The highest BCUT2D eigenvalue weighted by molar-refractivity contribution is 6.31. The lowest BCUT2D eigenvalue weighted by molar-refractivity contribution is -0.116. The van der Waals surface area contributed by atoms with Crippen LogP contribution in [0.2, 0.25) is 5.02 Å². The SMILES string of the molecule is Cc1ccc(NC(=O)Cn2c3ccccc3c3ncn(Cc4ccccc4Cl)c(=O)c32)c(C)c1. The molecule has 0 spiro atoms. The minimum atomic E-state index is -0.222. The molecule has 34 heavy (non-hydrogen) atoms. The predicted octanol–water partition coefficient (Wildman–Crippen LogP) is 5.31. The number of aromatic nitrogens is 3. The van der Waals surface area contributed by atoms with E-state index in [2.05, 4.69) is 10.3 Å². The smallest absolute Gasteiger partial charge is 0.278 e. The Morgan fingerprint density at radius 3 is 2.59 bits per heavy atom. The molecule has 0 saturated heterocycles. The molecule has 0 aliphatic rings. The Morgan fingerprint density at radius 1 is 1.03 bits per heavy atom. The molecule has 1 N–H and O–H groups in total. The highest BCUT2D eigenvalue weighted by Gasteiger charge is 2.19. The maximum atomic E-state index is 13.6. The first-order valence-corrected chi connectivity index (χ1v) is 11.4. The van der Waals surface area contributed by atoms with Crippen LogP contribution in [0.15, 0.2) is 77.9 Å². The molecule has 3 aromatic carbocycles. The van der Waals surface area contributed by atoms with Gasteiger partial charge in [0.25, 0.3) is 5.56 Å². The molecule has 0 radical (unpaired) electrons. The fourth-order valence-corrected chi connectivity index (χ4v) is 4.52. The summed E-state index contributed by atoms with van der Waals surface area (Å²) in [4.78, 5) is 31.2. The predicted molar refractivity (Wildman–Crippen MR) is 137 cm³/mol. The highest BCUT2D eigenvalue weighted by atomic mass is 35.5. The maximum Gasteiger partial charge on any atom is 0.278 e. The van der Waals surface area contributed by atoms with Crippen LogP contribution in [-0.2, 0) is 17.9 Å². The van der Waals surface area contributed by atoms with E-state index in [4.69, 9.17) is 11.6 Å². The number of halogens is 1. The number of nitrogens with zero attached hydrogens (tertiary/aromatic N) is 3. The lowest BCUT2D eigenvalue weighted by Gasteiger charge is -2.12. The molecule has 5 aromatic rings. The number of fused-ring (bicyclic) bond motifs is 3. The Labute approximate surface area is 201 Å². The zero-order valence-electron chi connectivity index (χ0n) is 18.9. The second-order valence-electron chi connectivity index (χ2n) is 8.44. The van der Waals surface area contributed by atoms with Crippen LogP contribution in [0.3, 0.4) is 0 Å². The van der Waals surface area contributed by atoms with E-state index in [0.717, 1.165) is 33.3 Å².